The number of pyridine rings is 1. The maximum Gasteiger partial charge on any atom is 0.240 e. The first-order chi connectivity index (χ1) is 14.3. The van der Waals surface area contributed by atoms with E-state index in [9.17, 15) is 4.79 Å². The summed E-state index contributed by atoms with van der Waals surface area (Å²) in [6, 6.07) is 30.5. The molecule has 1 saturated heterocycles. The molecule has 2 unspecified atom stereocenters. The van der Waals surface area contributed by atoms with Crippen LogP contribution in [0, 0.1) is 0 Å². The van der Waals surface area contributed by atoms with Crippen LogP contribution in [0.5, 0.6) is 0 Å². The number of benzene rings is 3. The van der Waals surface area contributed by atoms with Gasteiger partial charge in [0.15, 0.2) is 0 Å². The normalized spacial score (nSPS) is 21.2. The monoisotopic (exact) mass is 378 g/mol. The Morgan fingerprint density at radius 1 is 0.862 bits per heavy atom. The summed E-state index contributed by atoms with van der Waals surface area (Å²) < 4.78 is 0. The number of carbonyl (C=O) groups is 1. The summed E-state index contributed by atoms with van der Waals surface area (Å²) in [5.74, 6) is 0.137. The number of para-hydroxylation sites is 1. The molecule has 1 aromatic heterocycles. The fourth-order valence-electron chi connectivity index (χ4n) is 4.77. The predicted molar refractivity (Wildman–Crippen MR) is 117 cm³/mol. The average molecular weight is 378 g/mol. The second-order valence-corrected chi connectivity index (χ2v) is 7.53. The Labute approximate surface area is 170 Å². The minimum Gasteiger partial charge on any atom is -0.300 e. The van der Waals surface area contributed by atoms with Gasteiger partial charge in [-0.3, -0.25) is 9.78 Å². The molecule has 1 fully saturated rings. The van der Waals surface area contributed by atoms with Crippen LogP contribution in [0.4, 0.5) is 5.69 Å². The molecule has 2 heterocycles. The van der Waals surface area contributed by atoms with E-state index in [1.807, 2.05) is 71.6 Å². The molecule has 3 nitrogen and oxygen atoms in total. The molecule has 4 aromatic rings. The molecule has 0 saturated carbocycles. The molecule has 3 aromatic carbocycles. The SMILES string of the molecule is CCC1(c2ccccc2)C(=O)N(c2cccc3cccnc23)C1c1ccccc1. The number of rotatable bonds is 4. The zero-order chi connectivity index (χ0) is 19.8. The van der Waals surface area contributed by atoms with Crippen LogP contribution in [-0.2, 0) is 10.2 Å². The maximum atomic E-state index is 13.8. The third-order valence-electron chi connectivity index (χ3n) is 6.16. The fraction of sp³-hybridized carbons (Fsp3) is 0.154. The van der Waals surface area contributed by atoms with Gasteiger partial charge in [-0.15, -0.1) is 0 Å². The highest BCUT2D eigenvalue weighted by Crippen LogP contribution is 2.56. The largest absolute Gasteiger partial charge is 0.300 e. The van der Waals surface area contributed by atoms with Crippen LogP contribution in [0.1, 0.15) is 30.5 Å². The van der Waals surface area contributed by atoms with Crippen LogP contribution in [0.3, 0.4) is 0 Å². The van der Waals surface area contributed by atoms with Crippen molar-refractivity contribution in [2.45, 2.75) is 24.8 Å². The molecule has 1 aliphatic heterocycles. The van der Waals surface area contributed by atoms with Crippen LogP contribution in [0.15, 0.2) is 97.2 Å². The van der Waals surface area contributed by atoms with Crippen molar-refractivity contribution < 1.29 is 4.79 Å². The Morgan fingerprint density at radius 2 is 1.55 bits per heavy atom. The minimum atomic E-state index is -0.570. The van der Waals surface area contributed by atoms with Gasteiger partial charge >= 0.3 is 0 Å². The summed E-state index contributed by atoms with van der Waals surface area (Å²) in [7, 11) is 0. The molecule has 0 spiro atoms. The lowest BCUT2D eigenvalue weighted by molar-refractivity contribution is -0.133. The number of anilines is 1. The van der Waals surface area contributed by atoms with E-state index in [4.69, 9.17) is 0 Å². The highest BCUT2D eigenvalue weighted by atomic mass is 16.2. The molecule has 3 heteroatoms. The Kier molecular flexibility index (Phi) is 4.17. The molecule has 29 heavy (non-hydrogen) atoms. The lowest BCUT2D eigenvalue weighted by atomic mass is 9.61. The van der Waals surface area contributed by atoms with Gasteiger partial charge in [0.1, 0.15) is 0 Å². The summed E-state index contributed by atoms with van der Waals surface area (Å²) in [5, 5.41) is 1.04. The number of aromatic nitrogens is 1. The van der Waals surface area contributed by atoms with Gasteiger partial charge < -0.3 is 4.90 Å². The van der Waals surface area contributed by atoms with Crippen LogP contribution < -0.4 is 4.90 Å². The van der Waals surface area contributed by atoms with Crippen LogP contribution in [-0.4, -0.2) is 10.9 Å². The number of hydrogen-bond donors (Lipinski definition) is 0. The van der Waals surface area contributed by atoms with Crippen molar-refractivity contribution in [3.63, 3.8) is 0 Å². The molecule has 0 bridgehead atoms. The lowest BCUT2D eigenvalue weighted by Gasteiger charge is -2.56. The maximum absolute atomic E-state index is 13.8. The van der Waals surface area contributed by atoms with Crippen LogP contribution in [0.2, 0.25) is 0 Å². The van der Waals surface area contributed by atoms with Crippen molar-refractivity contribution in [1.82, 2.24) is 4.98 Å². The smallest absolute Gasteiger partial charge is 0.240 e. The van der Waals surface area contributed by atoms with Crippen molar-refractivity contribution in [1.29, 1.82) is 0 Å². The summed E-state index contributed by atoms with van der Waals surface area (Å²) >= 11 is 0. The first kappa shape index (κ1) is 17.6. The minimum absolute atomic E-state index is 0.0730. The molecule has 0 aliphatic carbocycles. The lowest BCUT2D eigenvalue weighted by Crippen LogP contribution is -2.66. The second-order valence-electron chi connectivity index (χ2n) is 7.53. The molecule has 5 rings (SSSR count). The number of nitrogens with zero attached hydrogens (tertiary/aromatic N) is 2. The Morgan fingerprint density at radius 3 is 2.28 bits per heavy atom. The third kappa shape index (κ3) is 2.51. The number of hydrogen-bond acceptors (Lipinski definition) is 2. The van der Waals surface area contributed by atoms with E-state index in [0.717, 1.165) is 34.1 Å². The first-order valence-corrected chi connectivity index (χ1v) is 10.1. The van der Waals surface area contributed by atoms with E-state index in [2.05, 4.69) is 36.2 Å². The highest BCUT2D eigenvalue weighted by Gasteiger charge is 2.61. The number of amides is 1. The number of fused-ring (bicyclic) bond motifs is 1. The van der Waals surface area contributed by atoms with E-state index < -0.39 is 5.41 Å². The van der Waals surface area contributed by atoms with E-state index in [1.165, 1.54) is 0 Å². The quantitative estimate of drug-likeness (QED) is 0.429. The summed E-state index contributed by atoms with van der Waals surface area (Å²) in [6.45, 7) is 2.11. The topological polar surface area (TPSA) is 33.2 Å². The summed E-state index contributed by atoms with van der Waals surface area (Å²) in [5.41, 5.74) is 3.39. The van der Waals surface area contributed by atoms with Crippen LogP contribution >= 0.6 is 0 Å². The molecule has 0 radical (unpaired) electrons. The van der Waals surface area contributed by atoms with Crippen molar-refractivity contribution in [2.24, 2.45) is 0 Å². The molecular weight excluding hydrogens is 356 g/mol. The molecule has 1 amide bonds. The molecule has 142 valence electrons. The van der Waals surface area contributed by atoms with Gasteiger partial charge in [0.25, 0.3) is 0 Å². The van der Waals surface area contributed by atoms with Crippen molar-refractivity contribution in [3.05, 3.63) is 108 Å². The average Bonchev–Trinajstić information content (AvgIpc) is 2.79. The first-order valence-electron chi connectivity index (χ1n) is 10.1. The number of β-lactam (4-membered cyclic amide) rings is 1. The molecule has 2 atom stereocenters. The van der Waals surface area contributed by atoms with Crippen molar-refractivity contribution in [3.8, 4) is 0 Å². The number of carbonyl (C=O) groups excluding carboxylic acids is 1. The standard InChI is InChI=1S/C26H22N2O/c1-2-26(21-15-7-4-8-16-21)24(20-11-5-3-6-12-20)28(25(26)29)22-17-9-13-19-14-10-18-27-23(19)22/h3-18,24H,2H2,1H3. The van der Waals surface area contributed by atoms with Gasteiger partial charge in [0.05, 0.1) is 22.7 Å². The summed E-state index contributed by atoms with van der Waals surface area (Å²) in [6.07, 6.45) is 2.53. The van der Waals surface area contributed by atoms with E-state index in [-0.39, 0.29) is 11.9 Å². The molecule has 1 aliphatic rings. The van der Waals surface area contributed by atoms with Gasteiger partial charge in [0, 0.05) is 11.6 Å². The van der Waals surface area contributed by atoms with Crippen molar-refractivity contribution >= 4 is 22.5 Å². The van der Waals surface area contributed by atoms with Gasteiger partial charge in [-0.25, -0.2) is 0 Å². The Bertz CT molecular complexity index is 1170. The Balaban J connectivity index is 1.73. The van der Waals surface area contributed by atoms with Gasteiger partial charge in [-0.1, -0.05) is 85.8 Å². The van der Waals surface area contributed by atoms with Gasteiger partial charge in [0.2, 0.25) is 5.91 Å². The van der Waals surface area contributed by atoms with Gasteiger partial charge in [-0.2, -0.15) is 0 Å². The van der Waals surface area contributed by atoms with Gasteiger partial charge in [-0.05, 0) is 29.7 Å². The van der Waals surface area contributed by atoms with E-state index >= 15 is 0 Å². The van der Waals surface area contributed by atoms with E-state index in [0.29, 0.717) is 0 Å². The zero-order valence-corrected chi connectivity index (χ0v) is 16.3. The second kappa shape index (κ2) is 6.85. The molecule has 0 N–H and O–H groups in total. The van der Waals surface area contributed by atoms with E-state index in [1.54, 1.807) is 6.20 Å². The zero-order valence-electron chi connectivity index (χ0n) is 16.3. The predicted octanol–water partition coefficient (Wildman–Crippen LogP) is 5.67. The van der Waals surface area contributed by atoms with Crippen molar-refractivity contribution in [2.75, 3.05) is 4.90 Å². The fourth-order valence-corrected chi connectivity index (χ4v) is 4.77. The molecular formula is C26H22N2O. The summed E-state index contributed by atoms with van der Waals surface area (Å²) in [4.78, 5) is 20.4. The van der Waals surface area contributed by atoms with Crippen LogP contribution in [0.25, 0.3) is 10.9 Å². The third-order valence-corrected chi connectivity index (χ3v) is 6.16. The Hall–Kier alpha value is -3.46. The highest BCUT2D eigenvalue weighted by molar-refractivity contribution is 6.13.